The quantitative estimate of drug-likeness (QED) is 0.775. The molecular weight excluding hydrogens is 310 g/mol. The molecule has 2 aromatic rings. The number of aromatic amines is 1. The molecule has 0 aliphatic carbocycles. The number of hydrogen-bond acceptors (Lipinski definition) is 5. The van der Waals surface area contributed by atoms with Crippen LogP contribution < -0.4 is 20.3 Å². The normalized spacial score (nSPS) is 10.2. The molecule has 1 aromatic carbocycles. The zero-order valence-electron chi connectivity index (χ0n) is 13.8. The summed E-state index contributed by atoms with van der Waals surface area (Å²) in [7, 11) is 0. The minimum atomic E-state index is -0.421. The molecule has 0 spiro atoms. The lowest BCUT2D eigenvalue weighted by atomic mass is 10.2. The van der Waals surface area contributed by atoms with Crippen LogP contribution >= 0.6 is 0 Å². The van der Waals surface area contributed by atoms with Crippen LogP contribution in [0.25, 0.3) is 0 Å². The highest BCUT2D eigenvalue weighted by atomic mass is 16.5. The molecule has 7 heteroatoms. The van der Waals surface area contributed by atoms with Crippen molar-refractivity contribution in [2.45, 2.75) is 26.7 Å². The van der Waals surface area contributed by atoms with Crippen LogP contribution in [0, 0.1) is 0 Å². The van der Waals surface area contributed by atoms with Gasteiger partial charge in [-0.3, -0.25) is 9.59 Å². The van der Waals surface area contributed by atoms with Crippen LogP contribution in [-0.4, -0.2) is 29.3 Å². The second-order valence-electron chi connectivity index (χ2n) is 5.12. The van der Waals surface area contributed by atoms with Crippen LogP contribution in [0.1, 0.15) is 37.2 Å². The first kappa shape index (κ1) is 17.5. The lowest BCUT2D eigenvalue weighted by Crippen LogP contribution is -2.17. The van der Waals surface area contributed by atoms with Crippen LogP contribution in [0.2, 0.25) is 0 Å². The molecular formula is C17H21N3O4. The van der Waals surface area contributed by atoms with Gasteiger partial charge in [-0.15, -0.1) is 0 Å². The van der Waals surface area contributed by atoms with E-state index in [2.05, 4.69) is 15.5 Å². The number of benzene rings is 1. The summed E-state index contributed by atoms with van der Waals surface area (Å²) in [4.78, 5) is 23.1. The van der Waals surface area contributed by atoms with Gasteiger partial charge in [0.25, 0.3) is 11.5 Å². The number of nitrogens with one attached hydrogen (secondary N) is 2. The Balaban J connectivity index is 2.15. The summed E-state index contributed by atoms with van der Waals surface area (Å²) >= 11 is 0. The number of carbonyl (C=O) groups excluding carboxylic acids is 1. The van der Waals surface area contributed by atoms with E-state index in [-0.39, 0.29) is 11.3 Å². The maximum atomic E-state index is 12.1. The van der Waals surface area contributed by atoms with Gasteiger partial charge in [0, 0.05) is 17.8 Å². The molecule has 0 saturated heterocycles. The first-order valence-electron chi connectivity index (χ1n) is 7.90. The molecule has 0 fully saturated rings. The van der Waals surface area contributed by atoms with Crippen molar-refractivity contribution in [3.63, 3.8) is 0 Å². The summed E-state index contributed by atoms with van der Waals surface area (Å²) in [6, 6.07) is 7.81. The molecule has 7 nitrogen and oxygen atoms in total. The van der Waals surface area contributed by atoms with Gasteiger partial charge >= 0.3 is 0 Å². The van der Waals surface area contributed by atoms with Gasteiger partial charge < -0.3 is 14.8 Å². The standard InChI is InChI=1S/C17H21N3O4/c1-3-9-23-14-7-5-12(11-15(14)24-10-4-2)18-17(22)13-6-8-16(21)20-19-13/h5-8,11H,3-4,9-10H2,1-2H3,(H,18,22)(H,20,21). The summed E-state index contributed by atoms with van der Waals surface area (Å²) < 4.78 is 11.3. The minimum Gasteiger partial charge on any atom is -0.490 e. The first-order valence-corrected chi connectivity index (χ1v) is 7.90. The molecule has 0 aliphatic rings. The SMILES string of the molecule is CCCOc1ccc(NC(=O)c2ccc(=O)[nH]n2)cc1OCCC. The van der Waals surface area contributed by atoms with Gasteiger partial charge in [-0.1, -0.05) is 13.8 Å². The van der Waals surface area contributed by atoms with Gasteiger partial charge in [-0.25, -0.2) is 5.10 Å². The maximum Gasteiger partial charge on any atom is 0.276 e. The van der Waals surface area contributed by atoms with Crippen LogP contribution in [0.5, 0.6) is 11.5 Å². The average Bonchev–Trinajstić information content (AvgIpc) is 2.59. The molecule has 1 amide bonds. The lowest BCUT2D eigenvalue weighted by molar-refractivity contribution is 0.102. The summed E-state index contributed by atoms with van der Waals surface area (Å²) in [6.07, 6.45) is 1.76. The molecule has 0 bridgehead atoms. The highest BCUT2D eigenvalue weighted by molar-refractivity contribution is 6.02. The number of anilines is 1. The largest absolute Gasteiger partial charge is 0.490 e. The Morgan fingerprint density at radius 3 is 2.42 bits per heavy atom. The molecule has 0 aliphatic heterocycles. The lowest BCUT2D eigenvalue weighted by Gasteiger charge is -2.14. The molecule has 2 N–H and O–H groups in total. The molecule has 0 radical (unpaired) electrons. The Kier molecular flexibility index (Phi) is 6.36. The van der Waals surface area contributed by atoms with Crippen molar-refractivity contribution >= 4 is 11.6 Å². The Hall–Kier alpha value is -2.83. The van der Waals surface area contributed by atoms with Gasteiger partial charge in [0.15, 0.2) is 11.5 Å². The van der Waals surface area contributed by atoms with Crippen LogP contribution in [0.15, 0.2) is 35.1 Å². The fraction of sp³-hybridized carbons (Fsp3) is 0.353. The van der Waals surface area contributed by atoms with Crippen LogP contribution in [0.4, 0.5) is 5.69 Å². The Bertz CT molecular complexity index is 722. The van der Waals surface area contributed by atoms with Crippen molar-refractivity contribution < 1.29 is 14.3 Å². The van der Waals surface area contributed by atoms with Crippen molar-refractivity contribution in [2.24, 2.45) is 0 Å². The van der Waals surface area contributed by atoms with Gasteiger partial charge in [-0.05, 0) is 31.0 Å². The summed E-state index contributed by atoms with van der Waals surface area (Å²) in [6.45, 7) is 5.19. The molecule has 24 heavy (non-hydrogen) atoms. The minimum absolute atomic E-state index is 0.122. The zero-order valence-corrected chi connectivity index (χ0v) is 13.8. The Morgan fingerprint density at radius 2 is 1.79 bits per heavy atom. The average molecular weight is 331 g/mol. The van der Waals surface area contributed by atoms with Crippen molar-refractivity contribution in [2.75, 3.05) is 18.5 Å². The van der Waals surface area contributed by atoms with Crippen molar-refractivity contribution in [3.05, 3.63) is 46.4 Å². The number of ether oxygens (including phenoxy) is 2. The predicted molar refractivity (Wildman–Crippen MR) is 90.8 cm³/mol. The van der Waals surface area contributed by atoms with E-state index in [1.54, 1.807) is 18.2 Å². The summed E-state index contributed by atoms with van der Waals surface area (Å²) in [5, 5.41) is 8.64. The molecule has 1 heterocycles. The third-order valence-electron chi connectivity index (χ3n) is 3.04. The van der Waals surface area contributed by atoms with Crippen molar-refractivity contribution in [3.8, 4) is 11.5 Å². The van der Waals surface area contributed by atoms with E-state index in [4.69, 9.17) is 9.47 Å². The number of amides is 1. The zero-order chi connectivity index (χ0) is 17.4. The predicted octanol–water partition coefficient (Wildman–Crippen LogP) is 2.60. The molecule has 1 aromatic heterocycles. The number of hydrogen-bond donors (Lipinski definition) is 2. The highest BCUT2D eigenvalue weighted by Crippen LogP contribution is 2.31. The van der Waals surface area contributed by atoms with Crippen molar-refractivity contribution in [1.82, 2.24) is 10.2 Å². The van der Waals surface area contributed by atoms with Gasteiger partial charge in [0.1, 0.15) is 5.69 Å². The van der Waals surface area contributed by atoms with Crippen LogP contribution in [0.3, 0.4) is 0 Å². The molecule has 128 valence electrons. The highest BCUT2D eigenvalue weighted by Gasteiger charge is 2.11. The first-order chi connectivity index (χ1) is 11.6. The van der Waals surface area contributed by atoms with E-state index >= 15 is 0 Å². The number of nitrogens with zero attached hydrogens (tertiary/aromatic N) is 1. The maximum absolute atomic E-state index is 12.1. The Morgan fingerprint density at radius 1 is 1.08 bits per heavy atom. The topological polar surface area (TPSA) is 93.3 Å². The van der Waals surface area contributed by atoms with E-state index in [0.717, 1.165) is 12.8 Å². The molecule has 0 atom stereocenters. The number of H-pyrrole nitrogens is 1. The fourth-order valence-electron chi connectivity index (χ4n) is 1.91. The summed E-state index contributed by atoms with van der Waals surface area (Å²) in [5.74, 6) is 0.804. The third kappa shape index (κ3) is 4.84. The van der Waals surface area contributed by atoms with E-state index in [0.29, 0.717) is 30.4 Å². The van der Waals surface area contributed by atoms with Gasteiger partial charge in [0.05, 0.1) is 13.2 Å². The fourth-order valence-corrected chi connectivity index (χ4v) is 1.91. The van der Waals surface area contributed by atoms with E-state index in [9.17, 15) is 9.59 Å². The number of rotatable bonds is 8. The second-order valence-corrected chi connectivity index (χ2v) is 5.12. The van der Waals surface area contributed by atoms with Crippen LogP contribution in [-0.2, 0) is 0 Å². The Labute approximate surface area is 140 Å². The number of carbonyl (C=O) groups is 1. The third-order valence-corrected chi connectivity index (χ3v) is 3.04. The second kappa shape index (κ2) is 8.71. The monoisotopic (exact) mass is 331 g/mol. The van der Waals surface area contributed by atoms with E-state index in [1.165, 1.54) is 12.1 Å². The van der Waals surface area contributed by atoms with Crippen molar-refractivity contribution in [1.29, 1.82) is 0 Å². The van der Waals surface area contributed by atoms with E-state index < -0.39 is 5.91 Å². The number of aromatic nitrogens is 2. The smallest absolute Gasteiger partial charge is 0.276 e. The van der Waals surface area contributed by atoms with E-state index in [1.807, 2.05) is 13.8 Å². The molecule has 0 saturated carbocycles. The molecule has 2 rings (SSSR count). The summed E-state index contributed by atoms with van der Waals surface area (Å²) in [5.41, 5.74) is 0.319. The van der Waals surface area contributed by atoms with Gasteiger partial charge in [0.2, 0.25) is 0 Å². The molecule has 0 unspecified atom stereocenters. The van der Waals surface area contributed by atoms with Gasteiger partial charge in [-0.2, -0.15) is 5.10 Å².